The van der Waals surface area contributed by atoms with Gasteiger partial charge in [0.15, 0.2) is 0 Å². The van der Waals surface area contributed by atoms with E-state index in [1.54, 1.807) is 0 Å². The van der Waals surface area contributed by atoms with Gasteiger partial charge in [-0.05, 0) is 51.5 Å². The molecule has 0 saturated carbocycles. The van der Waals surface area contributed by atoms with Gasteiger partial charge in [-0.25, -0.2) is 0 Å². The summed E-state index contributed by atoms with van der Waals surface area (Å²) < 4.78 is 1.86. The van der Waals surface area contributed by atoms with Crippen LogP contribution in [0.1, 0.15) is 49.1 Å². The highest BCUT2D eigenvalue weighted by molar-refractivity contribution is 5.92. The van der Waals surface area contributed by atoms with Crippen LogP contribution in [0.3, 0.4) is 0 Å². The van der Waals surface area contributed by atoms with Crippen LogP contribution in [0.15, 0.2) is 0 Å². The second kappa shape index (κ2) is 5.98. The largest absolute Gasteiger partial charge is 0.354 e. The number of hydrogen-bond donors (Lipinski definition) is 1. The lowest BCUT2D eigenvalue weighted by Gasteiger charge is -2.40. The number of amides is 2. The van der Waals surface area contributed by atoms with Gasteiger partial charge in [-0.2, -0.15) is 5.10 Å². The number of aromatic nitrogens is 2. The molecule has 0 aliphatic carbocycles. The van der Waals surface area contributed by atoms with Crippen molar-refractivity contribution in [3.63, 3.8) is 0 Å². The smallest absolute Gasteiger partial charge is 0.245 e. The van der Waals surface area contributed by atoms with Crippen molar-refractivity contribution in [3.8, 4) is 0 Å². The fraction of sp³-hybridized carbons (Fsp3) is 0.706. The van der Waals surface area contributed by atoms with E-state index in [-0.39, 0.29) is 11.8 Å². The molecule has 2 fully saturated rings. The predicted octanol–water partition coefficient (Wildman–Crippen LogP) is 1.24. The number of carbonyl (C=O) groups is 2. The Morgan fingerprint density at radius 1 is 1.30 bits per heavy atom. The molecule has 2 amide bonds. The molecule has 2 aliphatic rings. The van der Waals surface area contributed by atoms with Crippen LogP contribution in [0.4, 0.5) is 0 Å². The highest BCUT2D eigenvalue weighted by atomic mass is 16.2. The molecule has 1 atom stereocenters. The summed E-state index contributed by atoms with van der Waals surface area (Å²) in [4.78, 5) is 27.0. The molecule has 23 heavy (non-hydrogen) atoms. The molecular formula is C17H26N4O2. The summed E-state index contributed by atoms with van der Waals surface area (Å²) in [6, 6.07) is 0. The summed E-state index contributed by atoms with van der Waals surface area (Å²) >= 11 is 0. The van der Waals surface area contributed by atoms with Crippen LogP contribution in [-0.2, 0) is 23.1 Å². The molecule has 3 heterocycles. The van der Waals surface area contributed by atoms with Gasteiger partial charge in [0.2, 0.25) is 11.8 Å². The Kier molecular flexibility index (Phi) is 4.17. The summed E-state index contributed by atoms with van der Waals surface area (Å²) in [7, 11) is 1.93. The van der Waals surface area contributed by atoms with Gasteiger partial charge in [-0.3, -0.25) is 14.3 Å². The number of likely N-dealkylation sites (tertiary alicyclic amines) is 1. The van der Waals surface area contributed by atoms with Crippen molar-refractivity contribution in [1.82, 2.24) is 20.0 Å². The molecule has 2 saturated heterocycles. The Labute approximate surface area is 137 Å². The van der Waals surface area contributed by atoms with E-state index < -0.39 is 5.54 Å². The molecule has 2 aliphatic heterocycles. The van der Waals surface area contributed by atoms with Crippen molar-refractivity contribution in [3.05, 3.63) is 17.0 Å². The van der Waals surface area contributed by atoms with Gasteiger partial charge in [0.1, 0.15) is 5.54 Å². The third-order valence-electron chi connectivity index (χ3n) is 5.51. The molecule has 6 heteroatoms. The molecule has 1 aromatic rings. The maximum Gasteiger partial charge on any atom is 0.245 e. The van der Waals surface area contributed by atoms with Gasteiger partial charge in [0.05, 0.1) is 5.69 Å². The number of rotatable bonds is 3. The van der Waals surface area contributed by atoms with Crippen molar-refractivity contribution >= 4 is 11.8 Å². The van der Waals surface area contributed by atoms with E-state index in [0.717, 1.165) is 49.2 Å². The molecule has 1 spiro atoms. The van der Waals surface area contributed by atoms with Gasteiger partial charge in [-0.15, -0.1) is 0 Å². The Morgan fingerprint density at radius 3 is 2.70 bits per heavy atom. The summed E-state index contributed by atoms with van der Waals surface area (Å²) in [5.74, 6) is 0.144. The summed E-state index contributed by atoms with van der Waals surface area (Å²) in [6.07, 6.45) is 4.62. The first-order valence-corrected chi connectivity index (χ1v) is 8.53. The SMILES string of the molecule is Cc1nn(C)c(C)c1CCC(=O)N1CCCC12CCCNC2=O. The average molecular weight is 318 g/mol. The lowest BCUT2D eigenvalue weighted by Crippen LogP contribution is -2.60. The van der Waals surface area contributed by atoms with Gasteiger partial charge in [-0.1, -0.05) is 0 Å². The molecule has 1 aromatic heterocycles. The van der Waals surface area contributed by atoms with E-state index in [9.17, 15) is 9.59 Å². The van der Waals surface area contributed by atoms with Gasteiger partial charge in [0.25, 0.3) is 0 Å². The number of nitrogens with zero attached hydrogens (tertiary/aromatic N) is 3. The third-order valence-corrected chi connectivity index (χ3v) is 5.51. The van der Waals surface area contributed by atoms with Crippen LogP contribution in [0.25, 0.3) is 0 Å². The molecule has 6 nitrogen and oxygen atoms in total. The molecule has 0 bridgehead atoms. The van der Waals surface area contributed by atoms with Gasteiger partial charge >= 0.3 is 0 Å². The quantitative estimate of drug-likeness (QED) is 0.912. The van der Waals surface area contributed by atoms with Crippen LogP contribution in [-0.4, -0.2) is 45.1 Å². The molecule has 1 unspecified atom stereocenters. The van der Waals surface area contributed by atoms with Gasteiger partial charge < -0.3 is 10.2 Å². The average Bonchev–Trinajstić information content (AvgIpc) is 3.04. The second-order valence-corrected chi connectivity index (χ2v) is 6.81. The molecular weight excluding hydrogens is 292 g/mol. The highest BCUT2D eigenvalue weighted by Gasteiger charge is 2.50. The zero-order valence-corrected chi connectivity index (χ0v) is 14.3. The van der Waals surface area contributed by atoms with Crippen molar-refractivity contribution < 1.29 is 9.59 Å². The van der Waals surface area contributed by atoms with Crippen LogP contribution >= 0.6 is 0 Å². The maximum absolute atomic E-state index is 12.8. The Hall–Kier alpha value is -1.85. The minimum atomic E-state index is -0.575. The first kappa shape index (κ1) is 16.0. The minimum Gasteiger partial charge on any atom is -0.354 e. The zero-order valence-electron chi connectivity index (χ0n) is 14.3. The standard InChI is InChI=1S/C17H26N4O2/c1-12-14(13(2)20(3)19-12)6-7-15(22)21-11-5-9-17(21)8-4-10-18-16(17)23/h4-11H2,1-3H3,(H,18,23). The number of nitrogens with one attached hydrogen (secondary N) is 1. The van der Waals surface area contributed by atoms with Crippen molar-refractivity contribution in [1.29, 1.82) is 0 Å². The van der Waals surface area contributed by atoms with Crippen molar-refractivity contribution in [2.75, 3.05) is 13.1 Å². The molecule has 0 radical (unpaired) electrons. The number of aryl methyl sites for hydroxylation is 2. The molecule has 0 aromatic carbocycles. The summed E-state index contributed by atoms with van der Waals surface area (Å²) in [5, 5.41) is 7.36. The predicted molar refractivity (Wildman–Crippen MR) is 86.9 cm³/mol. The first-order chi connectivity index (χ1) is 11.0. The fourth-order valence-corrected chi connectivity index (χ4v) is 4.15. The van der Waals surface area contributed by atoms with E-state index in [4.69, 9.17) is 0 Å². The molecule has 3 rings (SSSR count). The van der Waals surface area contributed by atoms with Crippen LogP contribution in [0, 0.1) is 13.8 Å². The maximum atomic E-state index is 12.8. The Balaban J connectivity index is 1.71. The highest BCUT2D eigenvalue weighted by Crippen LogP contribution is 2.36. The summed E-state index contributed by atoms with van der Waals surface area (Å²) in [5.41, 5.74) is 2.68. The number of carbonyl (C=O) groups excluding carboxylic acids is 2. The number of piperidine rings is 1. The van der Waals surface area contributed by atoms with E-state index >= 15 is 0 Å². The first-order valence-electron chi connectivity index (χ1n) is 8.53. The third kappa shape index (κ3) is 2.64. The minimum absolute atomic E-state index is 0.0448. The molecule has 126 valence electrons. The van der Waals surface area contributed by atoms with Crippen LogP contribution in [0.5, 0.6) is 0 Å². The van der Waals surface area contributed by atoms with E-state index in [0.29, 0.717) is 19.4 Å². The Bertz CT molecular complexity index is 637. The van der Waals surface area contributed by atoms with Crippen LogP contribution < -0.4 is 5.32 Å². The summed E-state index contributed by atoms with van der Waals surface area (Å²) in [6.45, 7) is 5.46. The fourth-order valence-electron chi connectivity index (χ4n) is 4.15. The lowest BCUT2D eigenvalue weighted by molar-refractivity contribution is -0.147. The second-order valence-electron chi connectivity index (χ2n) is 6.81. The van der Waals surface area contributed by atoms with Crippen molar-refractivity contribution in [2.24, 2.45) is 7.05 Å². The van der Waals surface area contributed by atoms with E-state index in [1.165, 1.54) is 0 Å². The normalized spacial score (nSPS) is 24.3. The van der Waals surface area contributed by atoms with E-state index in [2.05, 4.69) is 10.4 Å². The van der Waals surface area contributed by atoms with Gasteiger partial charge in [0, 0.05) is 32.3 Å². The van der Waals surface area contributed by atoms with Crippen molar-refractivity contribution in [2.45, 2.75) is 57.9 Å². The molecule has 1 N–H and O–H groups in total. The number of hydrogen-bond acceptors (Lipinski definition) is 3. The monoisotopic (exact) mass is 318 g/mol. The lowest BCUT2D eigenvalue weighted by atomic mass is 9.86. The Morgan fingerprint density at radius 2 is 2.04 bits per heavy atom. The topological polar surface area (TPSA) is 67.2 Å². The van der Waals surface area contributed by atoms with E-state index in [1.807, 2.05) is 30.5 Å². The van der Waals surface area contributed by atoms with Crippen LogP contribution in [0.2, 0.25) is 0 Å². The zero-order chi connectivity index (χ0) is 16.6.